The summed E-state index contributed by atoms with van der Waals surface area (Å²) in [5, 5.41) is 3.13. The third kappa shape index (κ3) is 8.12. The number of aromatic nitrogens is 2. The van der Waals surface area contributed by atoms with Crippen molar-refractivity contribution >= 4 is 35.2 Å². The van der Waals surface area contributed by atoms with Gasteiger partial charge in [0.1, 0.15) is 17.2 Å². The van der Waals surface area contributed by atoms with Gasteiger partial charge in [0.15, 0.2) is 0 Å². The monoisotopic (exact) mass is 871 g/mol. The van der Waals surface area contributed by atoms with Crippen molar-refractivity contribution in [3.8, 4) is 33.6 Å². The van der Waals surface area contributed by atoms with Crippen LogP contribution in [0.25, 0.3) is 55.6 Å². The van der Waals surface area contributed by atoms with Crippen molar-refractivity contribution in [2.24, 2.45) is 5.92 Å². The maximum atomic E-state index is 14.4. The number of hydrogen-bond donors (Lipinski definition) is 0. The average molecular weight is 871 g/mol. The largest absolute Gasteiger partial charge is 0.500 e. The maximum Gasteiger partial charge on any atom is 0.133 e. The van der Waals surface area contributed by atoms with Crippen LogP contribution in [0.15, 0.2) is 108 Å². The van der Waals surface area contributed by atoms with Crippen LogP contribution >= 0.6 is 0 Å². The second-order valence-electron chi connectivity index (χ2n) is 14.3. The van der Waals surface area contributed by atoms with E-state index in [1.807, 2.05) is 36.5 Å². The van der Waals surface area contributed by atoms with Crippen molar-refractivity contribution < 1.29 is 33.3 Å². The van der Waals surface area contributed by atoms with Gasteiger partial charge in [-0.25, -0.2) is 8.78 Å². The van der Waals surface area contributed by atoms with Gasteiger partial charge in [0.2, 0.25) is 0 Å². The Hall–Kier alpha value is -4.29. The molecular weight excluding hydrogens is 831 g/mol. The molecule has 1 radical (unpaired) electrons. The zero-order valence-corrected chi connectivity index (χ0v) is 32.7. The molecule has 7 heteroatoms. The van der Waals surface area contributed by atoms with Crippen molar-refractivity contribution in [3.63, 3.8) is 0 Å². The summed E-state index contributed by atoms with van der Waals surface area (Å²) < 4.78 is 34.7. The van der Waals surface area contributed by atoms with Gasteiger partial charge >= 0.3 is 0 Å². The number of pyridine rings is 2. The molecule has 261 valence electrons. The van der Waals surface area contributed by atoms with Crippen molar-refractivity contribution in [3.05, 3.63) is 138 Å². The van der Waals surface area contributed by atoms with E-state index in [1.165, 1.54) is 60.2 Å². The first kappa shape index (κ1) is 36.5. The Bertz CT molecular complexity index is 2270. The van der Waals surface area contributed by atoms with Crippen LogP contribution in [-0.4, -0.2) is 18.0 Å². The summed E-state index contributed by atoms with van der Waals surface area (Å²) in [6, 6.07) is 33.9. The van der Waals surface area contributed by atoms with Gasteiger partial charge in [-0.05, 0) is 71.7 Å². The van der Waals surface area contributed by atoms with E-state index in [9.17, 15) is 8.78 Å². The minimum Gasteiger partial charge on any atom is -0.500 e. The fourth-order valence-corrected chi connectivity index (χ4v) is 8.84. The first-order chi connectivity index (χ1) is 24.1. The summed E-state index contributed by atoms with van der Waals surface area (Å²) in [7, 11) is -1.27. The molecular formula is C44H40F2IrN2OSi-2. The summed E-state index contributed by atoms with van der Waals surface area (Å²) in [5.41, 5.74) is 8.29. The molecule has 3 nitrogen and oxygen atoms in total. The molecule has 7 aromatic rings. The van der Waals surface area contributed by atoms with Gasteiger partial charge in [-0.1, -0.05) is 86.1 Å². The smallest absolute Gasteiger partial charge is 0.133 e. The summed E-state index contributed by atoms with van der Waals surface area (Å²) in [6.07, 6.45) is 10.3. The molecule has 1 aliphatic carbocycles. The third-order valence-electron chi connectivity index (χ3n) is 9.66. The zero-order valence-electron chi connectivity index (χ0n) is 29.3. The van der Waals surface area contributed by atoms with Gasteiger partial charge in [-0.3, -0.25) is 0 Å². The van der Waals surface area contributed by atoms with Crippen LogP contribution < -0.4 is 5.19 Å². The molecule has 3 aromatic heterocycles. The first-order valence-electron chi connectivity index (χ1n) is 17.4. The Kier molecular flexibility index (Phi) is 11.1. The van der Waals surface area contributed by atoms with Crippen LogP contribution in [0.3, 0.4) is 0 Å². The number of nitrogens with zero attached hydrogens (tertiary/aromatic N) is 2. The van der Waals surface area contributed by atoms with E-state index in [-0.39, 0.29) is 25.7 Å². The predicted octanol–water partition coefficient (Wildman–Crippen LogP) is 11.5. The Morgan fingerprint density at radius 1 is 0.784 bits per heavy atom. The zero-order chi connectivity index (χ0) is 34.8. The third-order valence-corrected chi connectivity index (χ3v) is 11.8. The molecule has 0 aliphatic heterocycles. The van der Waals surface area contributed by atoms with Gasteiger partial charge in [0, 0.05) is 37.9 Å². The van der Waals surface area contributed by atoms with Crippen LogP contribution in [0.2, 0.25) is 19.6 Å². The molecule has 0 amide bonds. The van der Waals surface area contributed by atoms with E-state index >= 15 is 0 Å². The second-order valence-corrected chi connectivity index (χ2v) is 19.4. The fourth-order valence-electron chi connectivity index (χ4n) is 7.14. The van der Waals surface area contributed by atoms with Crippen LogP contribution in [0.1, 0.15) is 36.8 Å². The van der Waals surface area contributed by atoms with Gasteiger partial charge in [-0.15, -0.1) is 59.7 Å². The Morgan fingerprint density at radius 3 is 2.24 bits per heavy atom. The molecule has 8 rings (SSSR count). The molecule has 1 saturated carbocycles. The number of furan rings is 1. The quantitative estimate of drug-likeness (QED) is 0.123. The maximum absolute atomic E-state index is 14.4. The second kappa shape index (κ2) is 15.5. The molecule has 3 heterocycles. The summed E-state index contributed by atoms with van der Waals surface area (Å²) in [4.78, 5) is 9.16. The summed E-state index contributed by atoms with van der Waals surface area (Å²) in [6.45, 7) is 9.24. The Morgan fingerprint density at radius 2 is 1.53 bits per heavy atom. The van der Waals surface area contributed by atoms with E-state index in [2.05, 4.69) is 79.1 Å². The van der Waals surface area contributed by atoms with E-state index in [0.717, 1.165) is 45.6 Å². The van der Waals surface area contributed by atoms with E-state index in [0.29, 0.717) is 16.7 Å². The SMILES string of the molecule is Cc1cc(-c2[c-]cccc2)ncc1[Si](C)(C)C.Fc1cccc(F)c1-c1ccc2oc3c[c-]c(-c4cc(CC5CCCC5)ccn4)cc3c2c1.[Ir]. The van der Waals surface area contributed by atoms with Crippen molar-refractivity contribution in [2.75, 3.05) is 0 Å². The molecule has 0 bridgehead atoms. The number of fused-ring (bicyclic) bond motifs is 3. The summed E-state index contributed by atoms with van der Waals surface area (Å²) in [5.74, 6) is -0.402. The number of aryl methyl sites for hydroxylation is 1. The fraction of sp³-hybridized carbons (Fsp3) is 0.227. The van der Waals surface area contributed by atoms with E-state index < -0.39 is 19.7 Å². The van der Waals surface area contributed by atoms with Crippen LogP contribution in [-0.2, 0) is 26.5 Å². The number of benzene rings is 4. The van der Waals surface area contributed by atoms with Gasteiger partial charge in [0.05, 0.1) is 19.2 Å². The van der Waals surface area contributed by atoms with E-state index in [1.54, 1.807) is 18.2 Å². The van der Waals surface area contributed by atoms with Crippen LogP contribution in [0, 0.1) is 36.6 Å². The minimum atomic E-state index is -1.27. The molecule has 0 atom stereocenters. The number of hydrogen-bond acceptors (Lipinski definition) is 3. The minimum absolute atomic E-state index is 0. The van der Waals surface area contributed by atoms with Gasteiger partial charge in [0.25, 0.3) is 0 Å². The van der Waals surface area contributed by atoms with Crippen molar-refractivity contribution in [2.45, 2.75) is 58.7 Å². The van der Waals surface area contributed by atoms with Crippen LogP contribution in [0.4, 0.5) is 8.78 Å². The molecule has 51 heavy (non-hydrogen) atoms. The normalized spacial score (nSPS) is 13.2. The molecule has 0 saturated heterocycles. The Balaban J connectivity index is 0.000000211. The number of halogens is 2. The Labute approximate surface area is 313 Å². The van der Waals surface area contributed by atoms with Gasteiger partial charge < -0.3 is 14.4 Å². The van der Waals surface area contributed by atoms with Crippen molar-refractivity contribution in [1.29, 1.82) is 0 Å². The standard InChI is InChI=1S/C29H22F2NO.C15H18NSi.Ir/c30-24-6-3-7-25(31)29(24)21-9-11-28-23(17-21)22-16-20(8-10-27(22)33-28)26-15-19(12-13-32-26)14-18-4-1-2-5-18;1-12-10-14(13-8-6-5-7-9-13)16-11-15(12)17(2,3)4;/h3,6-7,9-13,15-18H,1-2,4-5,14H2;5-8,10-11H,1-4H3;/q2*-1;. The molecule has 4 aromatic carbocycles. The topological polar surface area (TPSA) is 38.9 Å². The van der Waals surface area contributed by atoms with Gasteiger partial charge in [-0.2, -0.15) is 0 Å². The summed E-state index contributed by atoms with van der Waals surface area (Å²) >= 11 is 0. The molecule has 0 unspecified atom stereocenters. The average Bonchev–Trinajstić information content (AvgIpc) is 3.76. The molecule has 0 spiro atoms. The van der Waals surface area contributed by atoms with E-state index in [4.69, 9.17) is 4.42 Å². The first-order valence-corrected chi connectivity index (χ1v) is 20.9. The molecule has 0 N–H and O–H groups in total. The molecule has 1 fully saturated rings. The number of rotatable bonds is 6. The molecule has 1 aliphatic rings. The predicted molar refractivity (Wildman–Crippen MR) is 203 cm³/mol. The van der Waals surface area contributed by atoms with Crippen LogP contribution in [0.5, 0.6) is 0 Å². The van der Waals surface area contributed by atoms with Crippen molar-refractivity contribution in [1.82, 2.24) is 9.97 Å².